The molecular formula is C16H34N2. The number of unbranched alkanes of at least 4 members (excludes halogenated alkanes) is 2. The zero-order valence-corrected chi connectivity index (χ0v) is 13.0. The summed E-state index contributed by atoms with van der Waals surface area (Å²) in [6, 6.07) is 0.754. The summed E-state index contributed by atoms with van der Waals surface area (Å²) in [7, 11) is 2.31. The fourth-order valence-electron chi connectivity index (χ4n) is 3.37. The Balaban J connectivity index is 2.55. The van der Waals surface area contributed by atoms with Crippen LogP contribution < -0.4 is 5.73 Å². The van der Waals surface area contributed by atoms with Crippen LogP contribution in [0.2, 0.25) is 0 Å². The van der Waals surface area contributed by atoms with Crippen molar-refractivity contribution >= 4 is 0 Å². The number of nitrogens with zero attached hydrogens (tertiary/aromatic N) is 1. The number of nitrogens with two attached hydrogens (primary N) is 1. The molecule has 1 fully saturated rings. The highest BCUT2D eigenvalue weighted by Gasteiger charge is 2.33. The predicted octanol–water partition coefficient (Wildman–Crippen LogP) is 3.79. The molecule has 0 aromatic heterocycles. The van der Waals surface area contributed by atoms with Gasteiger partial charge in [0, 0.05) is 18.1 Å². The van der Waals surface area contributed by atoms with E-state index in [1.165, 1.54) is 51.4 Å². The van der Waals surface area contributed by atoms with Crippen LogP contribution in [0.4, 0.5) is 0 Å². The third kappa shape index (κ3) is 4.24. The monoisotopic (exact) mass is 254 g/mol. The summed E-state index contributed by atoms with van der Waals surface area (Å²) in [4.78, 5) is 2.61. The van der Waals surface area contributed by atoms with Crippen molar-refractivity contribution in [3.05, 3.63) is 0 Å². The maximum absolute atomic E-state index is 6.09. The van der Waals surface area contributed by atoms with E-state index in [2.05, 4.69) is 32.7 Å². The van der Waals surface area contributed by atoms with Gasteiger partial charge in [-0.15, -0.1) is 0 Å². The average molecular weight is 254 g/mol. The molecule has 2 N–H and O–H groups in total. The van der Waals surface area contributed by atoms with Crippen molar-refractivity contribution in [2.75, 3.05) is 13.6 Å². The predicted molar refractivity (Wildman–Crippen MR) is 80.8 cm³/mol. The van der Waals surface area contributed by atoms with Gasteiger partial charge in [-0.3, -0.25) is 4.90 Å². The molecule has 0 heterocycles. The molecule has 18 heavy (non-hydrogen) atoms. The number of hydrogen-bond acceptors (Lipinski definition) is 2. The SMILES string of the molecule is CCCCCC(C)(CN)N(C)C1CCCC(C)C1. The first-order valence-corrected chi connectivity index (χ1v) is 7.96. The average Bonchev–Trinajstić information content (AvgIpc) is 2.38. The van der Waals surface area contributed by atoms with E-state index >= 15 is 0 Å². The van der Waals surface area contributed by atoms with Crippen molar-refractivity contribution in [2.45, 2.75) is 83.7 Å². The van der Waals surface area contributed by atoms with E-state index < -0.39 is 0 Å². The molecule has 0 spiro atoms. The molecule has 0 bridgehead atoms. The number of hydrogen-bond donors (Lipinski definition) is 1. The van der Waals surface area contributed by atoms with Crippen LogP contribution in [0.1, 0.15) is 72.1 Å². The summed E-state index contributed by atoms with van der Waals surface area (Å²) >= 11 is 0. The second kappa shape index (κ2) is 7.49. The summed E-state index contributed by atoms with van der Waals surface area (Å²) in [6.07, 6.45) is 10.7. The zero-order valence-electron chi connectivity index (χ0n) is 13.0. The fraction of sp³-hybridized carbons (Fsp3) is 1.00. The first-order chi connectivity index (χ1) is 8.53. The van der Waals surface area contributed by atoms with Crippen molar-refractivity contribution in [2.24, 2.45) is 11.7 Å². The molecule has 0 aromatic carbocycles. The summed E-state index contributed by atoms with van der Waals surface area (Å²) in [5.74, 6) is 0.892. The lowest BCUT2D eigenvalue weighted by atomic mass is 9.83. The normalized spacial score (nSPS) is 28.3. The smallest absolute Gasteiger partial charge is 0.0303 e. The Morgan fingerprint density at radius 1 is 1.28 bits per heavy atom. The molecule has 3 unspecified atom stereocenters. The summed E-state index contributed by atoms with van der Waals surface area (Å²) < 4.78 is 0. The van der Waals surface area contributed by atoms with Gasteiger partial charge in [0.1, 0.15) is 0 Å². The van der Waals surface area contributed by atoms with Gasteiger partial charge < -0.3 is 5.73 Å². The van der Waals surface area contributed by atoms with E-state index in [1.54, 1.807) is 0 Å². The largest absolute Gasteiger partial charge is 0.329 e. The molecule has 1 aliphatic carbocycles. The third-order valence-electron chi connectivity index (χ3n) is 5.07. The number of rotatable bonds is 7. The van der Waals surface area contributed by atoms with Crippen LogP contribution in [-0.2, 0) is 0 Å². The van der Waals surface area contributed by atoms with Gasteiger partial charge in [0.05, 0.1) is 0 Å². The zero-order chi connectivity index (χ0) is 13.6. The van der Waals surface area contributed by atoms with Crippen LogP contribution in [0.3, 0.4) is 0 Å². The van der Waals surface area contributed by atoms with Gasteiger partial charge in [-0.1, -0.05) is 46.0 Å². The van der Waals surface area contributed by atoms with Crippen molar-refractivity contribution < 1.29 is 0 Å². The highest BCUT2D eigenvalue weighted by atomic mass is 15.2. The Morgan fingerprint density at radius 3 is 2.56 bits per heavy atom. The third-order valence-corrected chi connectivity index (χ3v) is 5.07. The topological polar surface area (TPSA) is 29.3 Å². The molecule has 0 amide bonds. The van der Waals surface area contributed by atoms with Gasteiger partial charge in [0.15, 0.2) is 0 Å². The van der Waals surface area contributed by atoms with Gasteiger partial charge in [0.2, 0.25) is 0 Å². The number of likely N-dealkylation sites (N-methyl/N-ethyl adjacent to an activating group) is 1. The summed E-state index contributed by atoms with van der Waals surface area (Å²) in [6.45, 7) is 7.82. The Kier molecular flexibility index (Phi) is 6.65. The van der Waals surface area contributed by atoms with E-state index in [4.69, 9.17) is 5.73 Å². The lowest BCUT2D eigenvalue weighted by molar-refractivity contribution is 0.0512. The highest BCUT2D eigenvalue weighted by Crippen LogP contribution is 2.32. The molecule has 2 nitrogen and oxygen atoms in total. The quantitative estimate of drug-likeness (QED) is 0.700. The van der Waals surface area contributed by atoms with Crippen molar-refractivity contribution in [1.82, 2.24) is 4.90 Å². The molecule has 3 atom stereocenters. The highest BCUT2D eigenvalue weighted by molar-refractivity contribution is 4.91. The minimum absolute atomic E-state index is 0.205. The van der Waals surface area contributed by atoms with E-state index in [1.807, 2.05) is 0 Å². The lowest BCUT2D eigenvalue weighted by Crippen LogP contribution is -2.54. The van der Waals surface area contributed by atoms with Crippen molar-refractivity contribution in [3.8, 4) is 0 Å². The molecule has 0 aromatic rings. The van der Waals surface area contributed by atoms with Crippen LogP contribution in [0.15, 0.2) is 0 Å². The minimum atomic E-state index is 0.205. The Bertz CT molecular complexity index is 229. The molecule has 0 aliphatic heterocycles. The second-order valence-corrected chi connectivity index (χ2v) is 6.69. The molecule has 2 heteroatoms. The molecule has 0 saturated heterocycles. The van der Waals surface area contributed by atoms with Crippen LogP contribution in [-0.4, -0.2) is 30.1 Å². The standard InChI is InChI=1S/C16H34N2/c1-5-6-7-11-16(3,13-17)18(4)15-10-8-9-14(2)12-15/h14-15H,5-13,17H2,1-4H3. The van der Waals surface area contributed by atoms with E-state index in [9.17, 15) is 0 Å². The Hall–Kier alpha value is -0.0800. The fourth-order valence-corrected chi connectivity index (χ4v) is 3.37. The van der Waals surface area contributed by atoms with Gasteiger partial charge in [-0.2, -0.15) is 0 Å². The second-order valence-electron chi connectivity index (χ2n) is 6.69. The van der Waals surface area contributed by atoms with Crippen LogP contribution in [0.5, 0.6) is 0 Å². The molecule has 0 radical (unpaired) electrons. The molecular weight excluding hydrogens is 220 g/mol. The lowest BCUT2D eigenvalue weighted by Gasteiger charge is -2.45. The molecule has 108 valence electrons. The maximum atomic E-state index is 6.09. The van der Waals surface area contributed by atoms with E-state index in [0.29, 0.717) is 0 Å². The van der Waals surface area contributed by atoms with Crippen LogP contribution in [0, 0.1) is 5.92 Å². The molecule has 1 rings (SSSR count). The van der Waals surface area contributed by atoms with E-state index in [0.717, 1.165) is 18.5 Å². The van der Waals surface area contributed by atoms with Gasteiger partial charge in [-0.25, -0.2) is 0 Å². The first-order valence-electron chi connectivity index (χ1n) is 7.96. The van der Waals surface area contributed by atoms with Gasteiger partial charge in [0.25, 0.3) is 0 Å². The Morgan fingerprint density at radius 2 is 2.00 bits per heavy atom. The first kappa shape index (κ1) is 16.0. The Labute approximate surface area is 114 Å². The van der Waals surface area contributed by atoms with Crippen LogP contribution in [0.25, 0.3) is 0 Å². The summed E-state index contributed by atoms with van der Waals surface area (Å²) in [5.41, 5.74) is 6.30. The van der Waals surface area contributed by atoms with Crippen molar-refractivity contribution in [3.63, 3.8) is 0 Å². The maximum Gasteiger partial charge on any atom is 0.0303 e. The molecule has 1 aliphatic rings. The summed E-state index contributed by atoms with van der Waals surface area (Å²) in [5, 5.41) is 0. The minimum Gasteiger partial charge on any atom is -0.329 e. The van der Waals surface area contributed by atoms with E-state index in [-0.39, 0.29) is 5.54 Å². The van der Waals surface area contributed by atoms with Gasteiger partial charge >= 0.3 is 0 Å². The molecule has 1 saturated carbocycles. The van der Waals surface area contributed by atoms with Gasteiger partial charge in [-0.05, 0) is 39.2 Å². The van der Waals surface area contributed by atoms with Crippen LogP contribution >= 0.6 is 0 Å². The van der Waals surface area contributed by atoms with Crippen molar-refractivity contribution in [1.29, 1.82) is 0 Å².